The molecule has 0 aliphatic heterocycles. The molecular formula is C8H7N3O3S. The van der Waals surface area contributed by atoms with Crippen molar-refractivity contribution in [1.29, 1.82) is 0 Å². The first-order valence-corrected chi connectivity index (χ1v) is 5.53. The third-order valence-electron chi connectivity index (χ3n) is 1.83. The van der Waals surface area contributed by atoms with Gasteiger partial charge in [-0.15, -0.1) is 0 Å². The maximum atomic E-state index is 11.2. The van der Waals surface area contributed by atoms with E-state index in [1.54, 1.807) is 18.2 Å². The lowest BCUT2D eigenvalue weighted by molar-refractivity contribution is 0.308. The summed E-state index contributed by atoms with van der Waals surface area (Å²) in [5.41, 5.74) is 0.709. The highest BCUT2D eigenvalue weighted by atomic mass is 32.2. The lowest BCUT2D eigenvalue weighted by atomic mass is 10.2. The van der Waals surface area contributed by atoms with Crippen LogP contribution in [-0.2, 0) is 10.0 Å². The van der Waals surface area contributed by atoms with Crippen molar-refractivity contribution >= 4 is 10.0 Å². The van der Waals surface area contributed by atoms with Gasteiger partial charge in [-0.3, -0.25) is 0 Å². The maximum Gasteiger partial charge on any atom is 0.238 e. The van der Waals surface area contributed by atoms with Crippen LogP contribution >= 0.6 is 0 Å². The van der Waals surface area contributed by atoms with E-state index in [1.165, 1.54) is 12.3 Å². The summed E-state index contributed by atoms with van der Waals surface area (Å²) in [6.45, 7) is 0. The van der Waals surface area contributed by atoms with Crippen LogP contribution in [0.3, 0.4) is 0 Å². The van der Waals surface area contributed by atoms with E-state index in [4.69, 9.17) is 5.14 Å². The van der Waals surface area contributed by atoms with Crippen LogP contribution in [0.15, 0.2) is 40.0 Å². The van der Waals surface area contributed by atoms with Gasteiger partial charge in [0.15, 0.2) is 0 Å². The summed E-state index contributed by atoms with van der Waals surface area (Å²) < 4.78 is 26.9. The minimum absolute atomic E-state index is 0.000648. The molecule has 15 heavy (non-hydrogen) atoms. The lowest BCUT2D eigenvalue weighted by Crippen LogP contribution is -2.13. The van der Waals surface area contributed by atoms with E-state index in [0.717, 1.165) is 0 Å². The molecule has 1 aromatic heterocycles. The van der Waals surface area contributed by atoms with Crippen molar-refractivity contribution < 1.29 is 13.0 Å². The average Bonchev–Trinajstić information content (AvgIpc) is 2.69. The highest BCUT2D eigenvalue weighted by Crippen LogP contribution is 2.23. The molecule has 0 aliphatic carbocycles. The number of nitrogens with zero attached hydrogens (tertiary/aromatic N) is 2. The van der Waals surface area contributed by atoms with Crippen LogP contribution in [0.4, 0.5) is 0 Å². The largest absolute Gasteiger partial charge is 0.244 e. The number of nitrogens with two attached hydrogens (primary N) is 1. The fourth-order valence-electron chi connectivity index (χ4n) is 1.21. The molecule has 0 aliphatic rings. The number of aromatic nitrogens is 2. The van der Waals surface area contributed by atoms with Gasteiger partial charge in [-0.2, -0.15) is 0 Å². The summed E-state index contributed by atoms with van der Waals surface area (Å²) >= 11 is 0. The Kier molecular flexibility index (Phi) is 2.25. The number of benzene rings is 1. The van der Waals surface area contributed by atoms with Crippen LogP contribution in [0, 0.1) is 0 Å². The number of hydrogen-bond acceptors (Lipinski definition) is 5. The zero-order valence-corrected chi connectivity index (χ0v) is 8.31. The predicted octanol–water partition coefficient (Wildman–Crippen LogP) is 0.384. The highest BCUT2D eigenvalue weighted by molar-refractivity contribution is 7.89. The van der Waals surface area contributed by atoms with Crippen LogP contribution in [0.25, 0.3) is 11.3 Å². The van der Waals surface area contributed by atoms with E-state index in [9.17, 15) is 8.42 Å². The summed E-state index contributed by atoms with van der Waals surface area (Å²) in [4.78, 5) is 0.000648. The van der Waals surface area contributed by atoms with Crippen molar-refractivity contribution in [2.75, 3.05) is 0 Å². The van der Waals surface area contributed by atoms with Gasteiger partial charge in [0.1, 0.15) is 5.69 Å². The van der Waals surface area contributed by atoms with E-state index >= 15 is 0 Å². The zero-order chi connectivity index (χ0) is 10.9. The standard InChI is InChI=1S/C8H7N3O3S/c9-15(12,13)8-4-2-1-3-6(8)7-5-10-14-11-7/h1-5H,(H2,9,12,13). The van der Waals surface area contributed by atoms with Crippen molar-refractivity contribution in [2.45, 2.75) is 4.90 Å². The predicted molar refractivity (Wildman–Crippen MR) is 51.1 cm³/mol. The first-order chi connectivity index (χ1) is 7.09. The van der Waals surface area contributed by atoms with Crippen molar-refractivity contribution in [3.05, 3.63) is 30.5 Å². The summed E-state index contributed by atoms with van der Waals surface area (Å²) in [7, 11) is -3.77. The Morgan fingerprint density at radius 2 is 2.00 bits per heavy atom. The molecule has 2 rings (SSSR count). The fourth-order valence-corrected chi connectivity index (χ4v) is 1.96. The Morgan fingerprint density at radius 3 is 2.60 bits per heavy atom. The number of sulfonamides is 1. The van der Waals surface area contributed by atoms with E-state index in [-0.39, 0.29) is 4.90 Å². The first-order valence-electron chi connectivity index (χ1n) is 3.99. The molecule has 6 nitrogen and oxygen atoms in total. The van der Waals surface area contributed by atoms with Crippen molar-refractivity contribution in [1.82, 2.24) is 10.3 Å². The molecule has 2 N–H and O–H groups in total. The van der Waals surface area contributed by atoms with Gasteiger partial charge in [-0.25, -0.2) is 18.2 Å². The van der Waals surface area contributed by atoms with Crippen molar-refractivity contribution in [2.24, 2.45) is 5.14 Å². The molecule has 0 atom stereocenters. The Labute approximate surface area is 85.7 Å². The van der Waals surface area contributed by atoms with Gasteiger partial charge in [0.25, 0.3) is 0 Å². The smallest absolute Gasteiger partial charge is 0.238 e. The molecule has 0 amide bonds. The van der Waals surface area contributed by atoms with Crippen LogP contribution in [-0.4, -0.2) is 18.7 Å². The molecule has 0 saturated carbocycles. The van der Waals surface area contributed by atoms with Gasteiger partial charge in [-0.05, 0) is 11.2 Å². The molecule has 0 radical (unpaired) electrons. The van der Waals surface area contributed by atoms with Crippen LogP contribution in [0.2, 0.25) is 0 Å². The molecule has 1 heterocycles. The molecular weight excluding hydrogens is 218 g/mol. The maximum absolute atomic E-state index is 11.2. The van der Waals surface area contributed by atoms with Gasteiger partial charge in [0.05, 0.1) is 11.1 Å². The van der Waals surface area contributed by atoms with Crippen LogP contribution in [0.1, 0.15) is 0 Å². The Morgan fingerprint density at radius 1 is 1.27 bits per heavy atom. The molecule has 1 aromatic carbocycles. The second kappa shape index (κ2) is 3.44. The third kappa shape index (κ3) is 1.88. The Hall–Kier alpha value is -1.73. The van der Waals surface area contributed by atoms with E-state index in [2.05, 4.69) is 14.9 Å². The molecule has 2 aromatic rings. The molecule has 0 unspecified atom stereocenters. The minimum atomic E-state index is -3.77. The molecule has 0 saturated heterocycles. The molecule has 0 spiro atoms. The number of hydrogen-bond donors (Lipinski definition) is 1. The number of rotatable bonds is 2. The number of primary sulfonamides is 1. The summed E-state index contributed by atoms with van der Waals surface area (Å²) in [6, 6.07) is 6.24. The second-order valence-electron chi connectivity index (χ2n) is 2.83. The van der Waals surface area contributed by atoms with Crippen molar-refractivity contribution in [3.8, 4) is 11.3 Å². The van der Waals surface area contributed by atoms with Gasteiger partial charge < -0.3 is 0 Å². The normalized spacial score (nSPS) is 11.5. The SMILES string of the molecule is NS(=O)(=O)c1ccccc1-c1cnon1. The average molecular weight is 225 g/mol. The second-order valence-corrected chi connectivity index (χ2v) is 4.36. The summed E-state index contributed by atoms with van der Waals surface area (Å²) in [6.07, 6.45) is 1.32. The fraction of sp³-hybridized carbons (Fsp3) is 0. The Balaban J connectivity index is 2.68. The topological polar surface area (TPSA) is 99.1 Å². The van der Waals surface area contributed by atoms with E-state index < -0.39 is 10.0 Å². The van der Waals surface area contributed by atoms with Gasteiger partial charge in [-0.1, -0.05) is 23.4 Å². The van der Waals surface area contributed by atoms with E-state index in [0.29, 0.717) is 11.3 Å². The molecule has 0 bridgehead atoms. The van der Waals surface area contributed by atoms with Crippen molar-refractivity contribution in [3.63, 3.8) is 0 Å². The van der Waals surface area contributed by atoms with Crippen LogP contribution < -0.4 is 5.14 Å². The molecule has 78 valence electrons. The third-order valence-corrected chi connectivity index (χ3v) is 2.80. The molecule has 0 fully saturated rings. The van der Waals surface area contributed by atoms with Gasteiger partial charge in [0, 0.05) is 5.56 Å². The quantitative estimate of drug-likeness (QED) is 0.796. The highest BCUT2D eigenvalue weighted by Gasteiger charge is 2.16. The zero-order valence-electron chi connectivity index (χ0n) is 7.49. The van der Waals surface area contributed by atoms with E-state index in [1.807, 2.05) is 0 Å². The summed E-state index contributed by atoms with van der Waals surface area (Å²) in [5, 5.41) is 12.0. The van der Waals surface area contributed by atoms with Gasteiger partial charge in [0.2, 0.25) is 10.0 Å². The first kappa shape index (κ1) is 9.81. The lowest BCUT2D eigenvalue weighted by Gasteiger charge is -2.02. The monoisotopic (exact) mass is 225 g/mol. The molecule has 7 heteroatoms. The summed E-state index contributed by atoms with van der Waals surface area (Å²) in [5.74, 6) is 0. The minimum Gasteiger partial charge on any atom is -0.244 e. The Bertz CT molecular complexity index is 563. The van der Waals surface area contributed by atoms with Crippen LogP contribution in [0.5, 0.6) is 0 Å². The van der Waals surface area contributed by atoms with Gasteiger partial charge >= 0.3 is 0 Å².